The molecule has 122 valence electrons. The summed E-state index contributed by atoms with van der Waals surface area (Å²) in [5.41, 5.74) is 0.996. The third kappa shape index (κ3) is 3.06. The molecular formula is C16H24N2O3S. The van der Waals surface area contributed by atoms with E-state index in [0.717, 1.165) is 25.1 Å². The van der Waals surface area contributed by atoms with Gasteiger partial charge in [0.2, 0.25) is 10.0 Å². The lowest BCUT2D eigenvalue weighted by molar-refractivity contribution is 0.0744. The van der Waals surface area contributed by atoms with Crippen LogP contribution in [0.25, 0.3) is 0 Å². The zero-order chi connectivity index (χ0) is 15.8. The average Bonchev–Trinajstić information content (AvgIpc) is 2.70. The van der Waals surface area contributed by atoms with Gasteiger partial charge >= 0.3 is 0 Å². The van der Waals surface area contributed by atoms with E-state index >= 15 is 0 Å². The van der Waals surface area contributed by atoms with Crippen LogP contribution in [0.4, 0.5) is 0 Å². The molecule has 2 fully saturated rings. The van der Waals surface area contributed by atoms with Crippen molar-refractivity contribution < 1.29 is 13.2 Å². The van der Waals surface area contributed by atoms with Gasteiger partial charge in [-0.25, -0.2) is 8.42 Å². The minimum Gasteiger partial charge on any atom is -0.379 e. The fraction of sp³-hybridized carbons (Fsp3) is 0.625. The van der Waals surface area contributed by atoms with Gasteiger partial charge in [0.15, 0.2) is 0 Å². The summed E-state index contributed by atoms with van der Waals surface area (Å²) in [7, 11) is -1.37. The molecule has 22 heavy (non-hydrogen) atoms. The second kappa shape index (κ2) is 5.92. The van der Waals surface area contributed by atoms with Crippen molar-refractivity contribution in [2.75, 3.05) is 46.4 Å². The van der Waals surface area contributed by atoms with Crippen molar-refractivity contribution in [3.05, 3.63) is 29.8 Å². The predicted molar refractivity (Wildman–Crippen MR) is 85.3 cm³/mol. The Labute approximate surface area is 132 Å². The molecular weight excluding hydrogens is 300 g/mol. The second-order valence-electron chi connectivity index (χ2n) is 6.69. The number of hydrogen-bond donors (Lipinski definition) is 0. The van der Waals surface area contributed by atoms with Crippen molar-refractivity contribution in [1.29, 1.82) is 0 Å². The van der Waals surface area contributed by atoms with E-state index < -0.39 is 10.0 Å². The van der Waals surface area contributed by atoms with E-state index in [1.165, 1.54) is 0 Å². The summed E-state index contributed by atoms with van der Waals surface area (Å²) in [6.45, 7) is 5.96. The molecule has 2 aliphatic rings. The van der Waals surface area contributed by atoms with Crippen LogP contribution in [-0.4, -0.2) is 64.1 Å². The Morgan fingerprint density at radius 2 is 1.86 bits per heavy atom. The standard InChI is InChI=1S/C16H24N2O3S/c1-14-3-5-15(6-4-14)22(19,20)18-9-10-21-13-16(12-18)7-8-17(2)11-16/h3-6H,7-13H2,1-2H3/t16-/m0/s1. The monoisotopic (exact) mass is 324 g/mol. The van der Waals surface area contributed by atoms with Gasteiger partial charge in [-0.2, -0.15) is 4.31 Å². The van der Waals surface area contributed by atoms with Crippen LogP contribution in [0.15, 0.2) is 29.2 Å². The van der Waals surface area contributed by atoms with Gasteiger partial charge in [0.1, 0.15) is 0 Å². The van der Waals surface area contributed by atoms with Crippen LogP contribution in [0.5, 0.6) is 0 Å². The highest BCUT2D eigenvalue weighted by Crippen LogP contribution is 2.34. The molecule has 1 aromatic carbocycles. The molecule has 0 aromatic heterocycles. The summed E-state index contributed by atoms with van der Waals surface area (Å²) in [5, 5.41) is 0. The number of aryl methyl sites for hydroxylation is 1. The number of benzene rings is 1. The van der Waals surface area contributed by atoms with E-state index in [4.69, 9.17) is 4.74 Å². The maximum Gasteiger partial charge on any atom is 0.243 e. The number of likely N-dealkylation sites (tertiary alicyclic amines) is 1. The number of hydrogen-bond acceptors (Lipinski definition) is 4. The van der Waals surface area contributed by atoms with E-state index in [9.17, 15) is 8.42 Å². The molecule has 2 saturated heterocycles. The molecule has 1 aromatic rings. The van der Waals surface area contributed by atoms with Crippen LogP contribution in [0.3, 0.4) is 0 Å². The SMILES string of the molecule is Cc1ccc(S(=O)(=O)N2CCOC[C@]3(CCN(C)C3)C2)cc1. The highest BCUT2D eigenvalue weighted by molar-refractivity contribution is 7.89. The van der Waals surface area contributed by atoms with Gasteiger partial charge in [-0.3, -0.25) is 0 Å². The van der Waals surface area contributed by atoms with Gasteiger partial charge in [0.05, 0.1) is 18.1 Å². The van der Waals surface area contributed by atoms with Gasteiger partial charge < -0.3 is 9.64 Å². The maximum absolute atomic E-state index is 12.9. The Balaban J connectivity index is 1.87. The van der Waals surface area contributed by atoms with Gasteiger partial charge in [0, 0.05) is 25.0 Å². The van der Waals surface area contributed by atoms with Crippen molar-refractivity contribution in [3.63, 3.8) is 0 Å². The van der Waals surface area contributed by atoms with Gasteiger partial charge in [-0.1, -0.05) is 17.7 Å². The average molecular weight is 324 g/mol. The zero-order valence-electron chi connectivity index (χ0n) is 13.3. The molecule has 0 amide bonds. The molecule has 0 N–H and O–H groups in total. The molecule has 0 saturated carbocycles. The van der Waals surface area contributed by atoms with Gasteiger partial charge in [-0.05, 0) is 39.1 Å². The lowest BCUT2D eigenvalue weighted by Crippen LogP contribution is -2.43. The quantitative estimate of drug-likeness (QED) is 0.824. The minimum absolute atomic E-state index is 0.0665. The lowest BCUT2D eigenvalue weighted by atomic mass is 9.88. The third-order valence-corrected chi connectivity index (χ3v) is 6.55. The first kappa shape index (κ1) is 15.9. The number of ether oxygens (including phenoxy) is 1. The lowest BCUT2D eigenvalue weighted by Gasteiger charge is -2.31. The molecule has 3 rings (SSSR count). The largest absolute Gasteiger partial charge is 0.379 e. The Kier molecular flexibility index (Phi) is 4.29. The van der Waals surface area contributed by atoms with E-state index in [1.54, 1.807) is 16.4 Å². The number of nitrogens with zero attached hydrogens (tertiary/aromatic N) is 2. The van der Waals surface area contributed by atoms with Crippen molar-refractivity contribution in [1.82, 2.24) is 9.21 Å². The fourth-order valence-corrected chi connectivity index (χ4v) is 4.96. The van der Waals surface area contributed by atoms with Gasteiger partial charge in [-0.15, -0.1) is 0 Å². The maximum atomic E-state index is 12.9. The molecule has 1 spiro atoms. The third-order valence-electron chi connectivity index (χ3n) is 4.69. The van der Waals surface area contributed by atoms with Crippen LogP contribution < -0.4 is 0 Å². The summed E-state index contributed by atoms with van der Waals surface area (Å²) >= 11 is 0. The Hall–Kier alpha value is -0.950. The summed E-state index contributed by atoms with van der Waals surface area (Å²) in [6, 6.07) is 7.09. The van der Waals surface area contributed by atoms with Gasteiger partial charge in [0.25, 0.3) is 0 Å². The molecule has 0 radical (unpaired) electrons. The van der Waals surface area contributed by atoms with Crippen LogP contribution in [0, 0.1) is 12.3 Å². The van der Waals surface area contributed by atoms with Crippen molar-refractivity contribution >= 4 is 10.0 Å². The number of sulfonamides is 1. The summed E-state index contributed by atoms with van der Waals surface area (Å²) in [5.74, 6) is 0. The predicted octanol–water partition coefficient (Wildman–Crippen LogP) is 1.34. The molecule has 2 heterocycles. The topological polar surface area (TPSA) is 49.9 Å². The molecule has 2 aliphatic heterocycles. The highest BCUT2D eigenvalue weighted by Gasteiger charge is 2.42. The van der Waals surface area contributed by atoms with E-state index in [-0.39, 0.29) is 5.41 Å². The smallest absolute Gasteiger partial charge is 0.243 e. The molecule has 0 unspecified atom stereocenters. The summed E-state index contributed by atoms with van der Waals surface area (Å²) < 4.78 is 33.2. The Morgan fingerprint density at radius 3 is 2.50 bits per heavy atom. The minimum atomic E-state index is -3.45. The molecule has 0 aliphatic carbocycles. The Morgan fingerprint density at radius 1 is 1.14 bits per heavy atom. The summed E-state index contributed by atoms with van der Waals surface area (Å²) in [4.78, 5) is 2.63. The molecule has 1 atom stereocenters. The van der Waals surface area contributed by atoms with Crippen molar-refractivity contribution in [3.8, 4) is 0 Å². The first-order valence-electron chi connectivity index (χ1n) is 7.75. The summed E-state index contributed by atoms with van der Waals surface area (Å²) in [6.07, 6.45) is 0.990. The van der Waals surface area contributed by atoms with Crippen LogP contribution in [0.1, 0.15) is 12.0 Å². The van der Waals surface area contributed by atoms with Crippen molar-refractivity contribution in [2.45, 2.75) is 18.2 Å². The first-order chi connectivity index (χ1) is 10.4. The molecule has 5 nitrogen and oxygen atoms in total. The zero-order valence-corrected chi connectivity index (χ0v) is 14.1. The van der Waals surface area contributed by atoms with Crippen LogP contribution in [0.2, 0.25) is 0 Å². The normalized spacial score (nSPS) is 28.1. The highest BCUT2D eigenvalue weighted by atomic mass is 32.2. The second-order valence-corrected chi connectivity index (χ2v) is 8.63. The molecule has 6 heteroatoms. The van der Waals surface area contributed by atoms with E-state index in [0.29, 0.717) is 31.2 Å². The van der Waals surface area contributed by atoms with Crippen LogP contribution >= 0.6 is 0 Å². The van der Waals surface area contributed by atoms with Crippen molar-refractivity contribution in [2.24, 2.45) is 5.41 Å². The van der Waals surface area contributed by atoms with Crippen LogP contribution in [-0.2, 0) is 14.8 Å². The molecule has 0 bridgehead atoms. The Bertz CT molecular complexity index is 629. The van der Waals surface area contributed by atoms with E-state index in [2.05, 4.69) is 11.9 Å². The fourth-order valence-electron chi connectivity index (χ4n) is 3.42. The first-order valence-corrected chi connectivity index (χ1v) is 9.19. The van der Waals surface area contributed by atoms with E-state index in [1.807, 2.05) is 19.1 Å². The number of rotatable bonds is 2.